The third-order valence-corrected chi connectivity index (χ3v) is 5.32. The van der Waals surface area contributed by atoms with Crippen molar-refractivity contribution in [2.45, 2.75) is 45.7 Å². The molecule has 27 heavy (non-hydrogen) atoms. The van der Waals surface area contributed by atoms with Crippen LogP contribution in [0.25, 0.3) is 0 Å². The Hall–Kier alpha value is -2.95. The molecule has 138 valence electrons. The maximum atomic E-state index is 12.8. The smallest absolute Gasteiger partial charge is 0.231 e. The van der Waals surface area contributed by atoms with Crippen molar-refractivity contribution >= 4 is 11.9 Å². The molecule has 5 heteroatoms. The number of carbonyl (C=O) groups is 1. The number of amides is 1. The van der Waals surface area contributed by atoms with Gasteiger partial charge in [-0.1, -0.05) is 66.6 Å². The first-order valence-electron chi connectivity index (χ1n) is 9.43. The van der Waals surface area contributed by atoms with E-state index >= 15 is 0 Å². The Morgan fingerprint density at radius 1 is 0.963 bits per heavy atom. The molecule has 0 radical (unpaired) electrons. The molecule has 2 heterocycles. The number of carbonyl (C=O) groups excluding carboxylic acids is 1. The summed E-state index contributed by atoms with van der Waals surface area (Å²) in [6.45, 7) is 6.05. The molecule has 0 saturated heterocycles. The van der Waals surface area contributed by atoms with Crippen LogP contribution in [0, 0.1) is 13.8 Å². The van der Waals surface area contributed by atoms with Crippen molar-refractivity contribution in [3.63, 3.8) is 0 Å². The molecule has 0 bridgehead atoms. The number of aromatic nitrogens is 3. The third-order valence-electron chi connectivity index (χ3n) is 5.32. The lowest BCUT2D eigenvalue weighted by Crippen LogP contribution is -2.42. The standard InChI is InChI=1S/C22H24N4O/c1-4-21(27)25-19(17-9-5-15(2)6-10-17)13-20(26-22(25)23-14-24-26)18-11-7-16(3)8-12-18/h5-12,14,19-20H,4,13H2,1-3H3/t19-,20+/m1/s1. The molecular formula is C22H24N4O. The second kappa shape index (κ2) is 6.99. The molecule has 0 saturated carbocycles. The highest BCUT2D eigenvalue weighted by molar-refractivity contribution is 5.92. The SMILES string of the molecule is CCC(=O)N1c2ncnn2[C@H](c2ccc(C)cc2)C[C@@H]1c1ccc(C)cc1. The fourth-order valence-electron chi connectivity index (χ4n) is 3.79. The molecule has 2 aromatic carbocycles. The molecule has 0 unspecified atom stereocenters. The van der Waals surface area contributed by atoms with E-state index in [2.05, 4.69) is 72.5 Å². The highest BCUT2D eigenvalue weighted by Gasteiger charge is 2.38. The van der Waals surface area contributed by atoms with E-state index in [1.807, 2.05) is 16.5 Å². The Bertz CT molecular complexity index is 943. The zero-order valence-electron chi connectivity index (χ0n) is 16.0. The molecule has 0 spiro atoms. The number of benzene rings is 2. The molecule has 0 fully saturated rings. The molecule has 5 nitrogen and oxygen atoms in total. The first-order chi connectivity index (χ1) is 13.1. The fourth-order valence-corrected chi connectivity index (χ4v) is 3.79. The van der Waals surface area contributed by atoms with E-state index in [0.29, 0.717) is 12.4 Å². The quantitative estimate of drug-likeness (QED) is 0.697. The molecule has 1 amide bonds. The molecule has 1 aliphatic heterocycles. The Labute approximate surface area is 159 Å². The summed E-state index contributed by atoms with van der Waals surface area (Å²) in [5, 5.41) is 4.46. The average Bonchev–Trinajstić information content (AvgIpc) is 3.17. The van der Waals surface area contributed by atoms with Crippen molar-refractivity contribution < 1.29 is 4.79 Å². The number of fused-ring (bicyclic) bond motifs is 1. The maximum Gasteiger partial charge on any atom is 0.231 e. The largest absolute Gasteiger partial charge is 0.274 e. The Balaban J connectivity index is 1.83. The lowest BCUT2D eigenvalue weighted by molar-refractivity contribution is -0.119. The van der Waals surface area contributed by atoms with Crippen LogP contribution in [0.5, 0.6) is 0 Å². The van der Waals surface area contributed by atoms with Crippen molar-refractivity contribution in [3.05, 3.63) is 77.1 Å². The summed E-state index contributed by atoms with van der Waals surface area (Å²) in [5.74, 6) is 0.696. The summed E-state index contributed by atoms with van der Waals surface area (Å²) in [4.78, 5) is 19.1. The third kappa shape index (κ3) is 3.14. The van der Waals surface area contributed by atoms with Gasteiger partial charge in [-0.25, -0.2) is 4.68 Å². The van der Waals surface area contributed by atoms with Gasteiger partial charge in [0, 0.05) is 6.42 Å². The Morgan fingerprint density at radius 3 is 2.07 bits per heavy atom. The van der Waals surface area contributed by atoms with Crippen LogP contribution in [0.1, 0.15) is 54.1 Å². The molecule has 0 N–H and O–H groups in total. The van der Waals surface area contributed by atoms with Gasteiger partial charge in [-0.3, -0.25) is 9.69 Å². The van der Waals surface area contributed by atoms with Crippen molar-refractivity contribution in [1.29, 1.82) is 0 Å². The second-order valence-corrected chi connectivity index (χ2v) is 7.21. The van der Waals surface area contributed by atoms with Gasteiger partial charge in [-0.2, -0.15) is 10.1 Å². The lowest BCUT2D eigenvalue weighted by atomic mass is 9.91. The van der Waals surface area contributed by atoms with E-state index in [-0.39, 0.29) is 18.0 Å². The van der Waals surface area contributed by atoms with Gasteiger partial charge in [0.25, 0.3) is 0 Å². The van der Waals surface area contributed by atoms with Gasteiger partial charge in [0.1, 0.15) is 6.33 Å². The molecule has 2 atom stereocenters. The zero-order chi connectivity index (χ0) is 19.0. The Morgan fingerprint density at radius 2 is 1.52 bits per heavy atom. The van der Waals surface area contributed by atoms with E-state index < -0.39 is 0 Å². The number of hydrogen-bond donors (Lipinski definition) is 0. The van der Waals surface area contributed by atoms with Crippen LogP contribution in [0.15, 0.2) is 54.9 Å². The topological polar surface area (TPSA) is 51.0 Å². The van der Waals surface area contributed by atoms with Crippen LogP contribution < -0.4 is 4.90 Å². The molecular weight excluding hydrogens is 336 g/mol. The number of aryl methyl sites for hydroxylation is 2. The number of rotatable bonds is 3. The van der Waals surface area contributed by atoms with Crippen LogP contribution in [0.3, 0.4) is 0 Å². The summed E-state index contributed by atoms with van der Waals surface area (Å²) in [6, 6.07) is 17.0. The number of anilines is 1. The summed E-state index contributed by atoms with van der Waals surface area (Å²) in [5.41, 5.74) is 4.76. The van der Waals surface area contributed by atoms with Crippen LogP contribution in [0.2, 0.25) is 0 Å². The number of hydrogen-bond acceptors (Lipinski definition) is 3. The predicted octanol–water partition coefficient (Wildman–Crippen LogP) is 4.37. The van der Waals surface area contributed by atoms with Gasteiger partial charge in [-0.15, -0.1) is 0 Å². The van der Waals surface area contributed by atoms with E-state index in [0.717, 1.165) is 12.0 Å². The van der Waals surface area contributed by atoms with E-state index in [1.165, 1.54) is 16.7 Å². The highest BCUT2D eigenvalue weighted by Crippen LogP contribution is 2.42. The summed E-state index contributed by atoms with van der Waals surface area (Å²) in [7, 11) is 0. The zero-order valence-corrected chi connectivity index (χ0v) is 16.0. The van der Waals surface area contributed by atoms with Crippen LogP contribution in [-0.4, -0.2) is 20.7 Å². The summed E-state index contributed by atoms with van der Waals surface area (Å²) >= 11 is 0. The van der Waals surface area contributed by atoms with Crippen LogP contribution in [-0.2, 0) is 4.79 Å². The predicted molar refractivity (Wildman–Crippen MR) is 106 cm³/mol. The van der Waals surface area contributed by atoms with Crippen LogP contribution >= 0.6 is 0 Å². The van der Waals surface area contributed by atoms with Gasteiger partial charge in [0.2, 0.25) is 11.9 Å². The van der Waals surface area contributed by atoms with E-state index in [1.54, 1.807) is 6.33 Å². The van der Waals surface area contributed by atoms with Crippen molar-refractivity contribution in [3.8, 4) is 0 Å². The molecule has 4 rings (SSSR count). The van der Waals surface area contributed by atoms with Gasteiger partial charge in [0.05, 0.1) is 12.1 Å². The number of nitrogens with zero attached hydrogens (tertiary/aromatic N) is 4. The minimum Gasteiger partial charge on any atom is -0.274 e. The Kier molecular flexibility index (Phi) is 4.52. The van der Waals surface area contributed by atoms with Gasteiger partial charge < -0.3 is 0 Å². The highest BCUT2D eigenvalue weighted by atomic mass is 16.2. The molecule has 0 aliphatic carbocycles. The fraction of sp³-hybridized carbons (Fsp3) is 0.318. The molecule has 1 aliphatic rings. The summed E-state index contributed by atoms with van der Waals surface area (Å²) in [6.07, 6.45) is 2.75. The molecule has 3 aromatic rings. The van der Waals surface area contributed by atoms with Gasteiger partial charge >= 0.3 is 0 Å². The molecule has 1 aromatic heterocycles. The van der Waals surface area contributed by atoms with E-state index in [4.69, 9.17) is 0 Å². The van der Waals surface area contributed by atoms with E-state index in [9.17, 15) is 4.79 Å². The maximum absolute atomic E-state index is 12.8. The van der Waals surface area contributed by atoms with Gasteiger partial charge in [-0.05, 0) is 31.4 Å². The summed E-state index contributed by atoms with van der Waals surface area (Å²) < 4.78 is 1.89. The minimum absolute atomic E-state index is 0.0512. The normalized spacial score (nSPS) is 19.0. The monoisotopic (exact) mass is 360 g/mol. The average molecular weight is 360 g/mol. The minimum atomic E-state index is -0.0546. The van der Waals surface area contributed by atoms with Crippen molar-refractivity contribution in [2.75, 3.05) is 4.90 Å². The van der Waals surface area contributed by atoms with Crippen LogP contribution in [0.4, 0.5) is 5.95 Å². The first-order valence-corrected chi connectivity index (χ1v) is 9.43. The van der Waals surface area contributed by atoms with Gasteiger partial charge in [0.15, 0.2) is 0 Å². The second-order valence-electron chi connectivity index (χ2n) is 7.21. The first kappa shape index (κ1) is 17.5. The van der Waals surface area contributed by atoms with Crippen molar-refractivity contribution in [2.24, 2.45) is 0 Å². The lowest BCUT2D eigenvalue weighted by Gasteiger charge is -2.39. The van der Waals surface area contributed by atoms with Crippen molar-refractivity contribution in [1.82, 2.24) is 14.8 Å².